The van der Waals surface area contributed by atoms with Crippen molar-refractivity contribution < 1.29 is 22.7 Å². The Balaban J connectivity index is 2.01. The van der Waals surface area contributed by atoms with Gasteiger partial charge in [-0.25, -0.2) is 18.2 Å². The van der Waals surface area contributed by atoms with Crippen LogP contribution in [-0.4, -0.2) is 60.4 Å². The largest absolute Gasteiger partial charge is 0.448 e. The Morgan fingerprint density at radius 3 is 2.70 bits per heavy atom. The third-order valence-corrected chi connectivity index (χ3v) is 5.53. The molecule has 0 N–H and O–H groups in total. The molecule has 0 unspecified atom stereocenters. The number of carbonyl (C=O) groups is 2. The first-order valence-electron chi connectivity index (χ1n) is 7.47. The maximum Gasteiger partial charge on any atom is 0.357 e. The summed E-state index contributed by atoms with van der Waals surface area (Å²) >= 11 is 0. The zero-order valence-electron chi connectivity index (χ0n) is 13.1. The van der Waals surface area contributed by atoms with Crippen LogP contribution < -0.4 is 0 Å². The van der Waals surface area contributed by atoms with Gasteiger partial charge < -0.3 is 9.64 Å². The molecule has 0 bridgehead atoms. The lowest BCUT2D eigenvalue weighted by Crippen LogP contribution is -2.46. The standard InChI is InChI=1S/C15H20N2O5S/c1-3-17(12-7-9-23(20,21)10-12)14(18)11(2)22-15(19)13-6-4-5-8-16-13/h4-6,8,11-12H,3,7,9-10H2,1-2H3/t11-,12+/m1/s1. The van der Waals surface area contributed by atoms with Gasteiger partial charge in [0.05, 0.1) is 11.5 Å². The molecular formula is C15H20N2O5S. The van der Waals surface area contributed by atoms with Crippen LogP contribution in [0.15, 0.2) is 24.4 Å². The fourth-order valence-electron chi connectivity index (χ4n) is 2.60. The minimum atomic E-state index is -3.09. The van der Waals surface area contributed by atoms with Gasteiger partial charge in [-0.3, -0.25) is 4.79 Å². The van der Waals surface area contributed by atoms with Crippen molar-refractivity contribution in [3.05, 3.63) is 30.1 Å². The summed E-state index contributed by atoms with van der Waals surface area (Å²) in [5, 5.41) is 0. The molecule has 1 aromatic rings. The van der Waals surface area contributed by atoms with Crippen LogP contribution in [0.1, 0.15) is 30.8 Å². The Bertz CT molecular complexity index is 674. The predicted octanol–water partition coefficient (Wildman–Crippen LogP) is 0.663. The number of sulfone groups is 1. The molecule has 1 aromatic heterocycles. The lowest BCUT2D eigenvalue weighted by atomic mass is 10.2. The van der Waals surface area contributed by atoms with Crippen molar-refractivity contribution in [2.75, 3.05) is 18.1 Å². The van der Waals surface area contributed by atoms with Gasteiger partial charge in [0, 0.05) is 18.8 Å². The van der Waals surface area contributed by atoms with Crippen LogP contribution in [0.25, 0.3) is 0 Å². The molecule has 2 heterocycles. The van der Waals surface area contributed by atoms with E-state index in [1.54, 1.807) is 19.1 Å². The maximum absolute atomic E-state index is 12.5. The van der Waals surface area contributed by atoms with Gasteiger partial charge in [-0.15, -0.1) is 0 Å². The fourth-order valence-corrected chi connectivity index (χ4v) is 4.33. The summed E-state index contributed by atoms with van der Waals surface area (Å²) in [5.74, 6) is -1.02. The highest BCUT2D eigenvalue weighted by Gasteiger charge is 2.36. The van der Waals surface area contributed by atoms with E-state index in [9.17, 15) is 18.0 Å². The second kappa shape index (κ2) is 7.08. The summed E-state index contributed by atoms with van der Waals surface area (Å²) < 4.78 is 28.3. The maximum atomic E-state index is 12.5. The van der Waals surface area contributed by atoms with E-state index in [1.807, 2.05) is 0 Å². The monoisotopic (exact) mass is 340 g/mol. The summed E-state index contributed by atoms with van der Waals surface area (Å²) in [6.45, 7) is 3.62. The van der Waals surface area contributed by atoms with Crippen molar-refractivity contribution in [3.8, 4) is 0 Å². The minimum Gasteiger partial charge on any atom is -0.448 e. The number of aromatic nitrogens is 1. The summed E-state index contributed by atoms with van der Waals surface area (Å²) in [7, 11) is -3.09. The molecule has 0 spiro atoms. The number of carbonyl (C=O) groups excluding carboxylic acids is 2. The average molecular weight is 340 g/mol. The molecule has 2 rings (SSSR count). The van der Waals surface area contributed by atoms with Crippen LogP contribution >= 0.6 is 0 Å². The second-order valence-corrected chi connectivity index (χ2v) is 7.67. The van der Waals surface area contributed by atoms with Crippen LogP contribution in [0.5, 0.6) is 0 Å². The van der Waals surface area contributed by atoms with E-state index in [-0.39, 0.29) is 29.1 Å². The smallest absolute Gasteiger partial charge is 0.357 e. The second-order valence-electron chi connectivity index (χ2n) is 5.44. The van der Waals surface area contributed by atoms with Gasteiger partial charge in [-0.2, -0.15) is 0 Å². The highest BCUT2D eigenvalue weighted by molar-refractivity contribution is 7.91. The van der Waals surface area contributed by atoms with Crippen LogP contribution in [0.4, 0.5) is 0 Å². The number of rotatable bonds is 5. The number of pyridine rings is 1. The Morgan fingerprint density at radius 2 is 2.17 bits per heavy atom. The van der Waals surface area contributed by atoms with Gasteiger partial charge in [0.2, 0.25) is 0 Å². The number of esters is 1. The van der Waals surface area contributed by atoms with Crippen LogP contribution in [0.2, 0.25) is 0 Å². The molecule has 8 heteroatoms. The van der Waals surface area contributed by atoms with E-state index < -0.39 is 21.9 Å². The zero-order valence-corrected chi connectivity index (χ0v) is 14.0. The topological polar surface area (TPSA) is 93.6 Å². The first kappa shape index (κ1) is 17.4. The van der Waals surface area contributed by atoms with Crippen LogP contribution in [0, 0.1) is 0 Å². The van der Waals surface area contributed by atoms with E-state index in [0.717, 1.165) is 0 Å². The SMILES string of the molecule is CCN(C(=O)[C@@H](C)OC(=O)c1ccccn1)[C@H]1CCS(=O)(=O)C1. The third-order valence-electron chi connectivity index (χ3n) is 3.78. The molecule has 1 aliphatic heterocycles. The zero-order chi connectivity index (χ0) is 17.0. The molecule has 1 amide bonds. The van der Waals surface area contributed by atoms with Gasteiger partial charge in [0.15, 0.2) is 15.9 Å². The number of ether oxygens (including phenoxy) is 1. The lowest BCUT2D eigenvalue weighted by molar-refractivity contribution is -0.141. The minimum absolute atomic E-state index is 0.0342. The van der Waals surface area contributed by atoms with Crippen molar-refractivity contribution in [3.63, 3.8) is 0 Å². The van der Waals surface area contributed by atoms with E-state index in [0.29, 0.717) is 13.0 Å². The molecule has 0 saturated carbocycles. The average Bonchev–Trinajstić information content (AvgIpc) is 2.88. The van der Waals surface area contributed by atoms with Gasteiger partial charge in [0.1, 0.15) is 5.69 Å². The first-order chi connectivity index (χ1) is 10.8. The van der Waals surface area contributed by atoms with E-state index in [4.69, 9.17) is 4.74 Å². The van der Waals surface area contributed by atoms with Crippen molar-refractivity contribution >= 4 is 21.7 Å². The molecule has 0 radical (unpaired) electrons. The Kier molecular flexibility index (Phi) is 5.35. The van der Waals surface area contributed by atoms with Gasteiger partial charge >= 0.3 is 5.97 Å². The first-order valence-corrected chi connectivity index (χ1v) is 9.29. The van der Waals surface area contributed by atoms with E-state index in [1.165, 1.54) is 24.1 Å². The van der Waals surface area contributed by atoms with Crippen molar-refractivity contribution in [1.82, 2.24) is 9.88 Å². The molecule has 1 saturated heterocycles. The fraction of sp³-hybridized carbons (Fsp3) is 0.533. The number of likely N-dealkylation sites (N-methyl/N-ethyl adjacent to an activating group) is 1. The number of hydrogen-bond donors (Lipinski definition) is 0. The molecular weight excluding hydrogens is 320 g/mol. The summed E-state index contributed by atoms with van der Waals surface area (Å²) in [6.07, 6.45) is 0.890. The molecule has 2 atom stereocenters. The van der Waals surface area contributed by atoms with E-state index in [2.05, 4.69) is 4.98 Å². The van der Waals surface area contributed by atoms with Crippen molar-refractivity contribution in [1.29, 1.82) is 0 Å². The highest BCUT2D eigenvalue weighted by atomic mass is 32.2. The molecule has 23 heavy (non-hydrogen) atoms. The van der Waals surface area contributed by atoms with Crippen molar-refractivity contribution in [2.45, 2.75) is 32.4 Å². The van der Waals surface area contributed by atoms with Crippen molar-refractivity contribution in [2.24, 2.45) is 0 Å². The van der Waals surface area contributed by atoms with Gasteiger partial charge in [0.25, 0.3) is 5.91 Å². The molecule has 7 nitrogen and oxygen atoms in total. The Morgan fingerprint density at radius 1 is 1.43 bits per heavy atom. The third kappa shape index (κ3) is 4.28. The van der Waals surface area contributed by atoms with Gasteiger partial charge in [-0.05, 0) is 32.4 Å². The Labute approximate surface area is 135 Å². The van der Waals surface area contributed by atoms with Gasteiger partial charge in [-0.1, -0.05) is 6.07 Å². The highest BCUT2D eigenvalue weighted by Crippen LogP contribution is 2.19. The summed E-state index contributed by atoms with van der Waals surface area (Å²) in [4.78, 5) is 29.8. The quantitative estimate of drug-likeness (QED) is 0.731. The van der Waals surface area contributed by atoms with Crippen LogP contribution in [-0.2, 0) is 19.4 Å². The number of amides is 1. The predicted molar refractivity (Wildman–Crippen MR) is 83.6 cm³/mol. The van der Waals surface area contributed by atoms with E-state index >= 15 is 0 Å². The molecule has 0 aliphatic carbocycles. The number of nitrogens with zero attached hydrogens (tertiary/aromatic N) is 2. The molecule has 1 fully saturated rings. The number of hydrogen-bond acceptors (Lipinski definition) is 6. The summed E-state index contributed by atoms with van der Waals surface area (Å²) in [6, 6.07) is 4.47. The molecule has 126 valence electrons. The summed E-state index contributed by atoms with van der Waals surface area (Å²) in [5.41, 5.74) is 0.124. The Hall–Kier alpha value is -1.96. The molecule has 0 aromatic carbocycles. The lowest BCUT2D eigenvalue weighted by Gasteiger charge is -2.29. The molecule has 1 aliphatic rings. The normalized spacial score (nSPS) is 20.7. The van der Waals surface area contributed by atoms with Crippen LogP contribution in [0.3, 0.4) is 0 Å².